The monoisotopic (exact) mass is 404 g/mol. The normalized spacial score (nSPS) is 10.4. The number of nitrogens with one attached hydrogen (secondary N) is 2. The van der Waals surface area contributed by atoms with E-state index in [-0.39, 0.29) is 18.4 Å². The first-order valence-corrected chi connectivity index (χ1v) is 8.84. The number of halogens is 1. The molecule has 0 bridgehead atoms. The third-order valence-corrected chi connectivity index (χ3v) is 3.84. The molecule has 0 heterocycles. The van der Waals surface area contributed by atoms with Gasteiger partial charge in [-0.2, -0.15) is 0 Å². The van der Waals surface area contributed by atoms with Gasteiger partial charge in [-0.3, -0.25) is 20.4 Å². The van der Waals surface area contributed by atoms with E-state index in [1.54, 1.807) is 18.2 Å². The second-order valence-corrected chi connectivity index (χ2v) is 6.71. The summed E-state index contributed by atoms with van der Waals surface area (Å²) < 4.78 is 6.39. The maximum Gasteiger partial charge on any atom is 0.273 e. The van der Waals surface area contributed by atoms with Crippen LogP contribution in [0.2, 0.25) is 0 Å². The van der Waals surface area contributed by atoms with Crippen molar-refractivity contribution in [1.82, 2.24) is 10.9 Å². The number of rotatable bonds is 6. The van der Waals surface area contributed by atoms with Gasteiger partial charge in [0.15, 0.2) is 0 Å². The Morgan fingerprint density at radius 3 is 2.48 bits per heavy atom. The van der Waals surface area contributed by atoms with Gasteiger partial charge in [0, 0.05) is 10.9 Å². The summed E-state index contributed by atoms with van der Waals surface area (Å²) in [7, 11) is 0. The highest BCUT2D eigenvalue weighted by Crippen LogP contribution is 2.24. The van der Waals surface area contributed by atoms with E-state index >= 15 is 0 Å². The lowest BCUT2D eigenvalue weighted by molar-refractivity contribution is -0.121. The Kier molecular flexibility index (Phi) is 7.01. The summed E-state index contributed by atoms with van der Waals surface area (Å²) in [6.45, 7) is 3.77. The lowest BCUT2D eigenvalue weighted by Crippen LogP contribution is -2.41. The number of carbonyl (C=O) groups excluding carboxylic acids is 2. The van der Waals surface area contributed by atoms with Crippen molar-refractivity contribution in [3.63, 3.8) is 0 Å². The summed E-state index contributed by atoms with van der Waals surface area (Å²) in [5.74, 6) is -0.210. The molecule has 0 spiro atoms. The average molecular weight is 405 g/mol. The summed E-state index contributed by atoms with van der Waals surface area (Å²) in [5.41, 5.74) is 6.30. The first-order chi connectivity index (χ1) is 12.0. The molecule has 2 rings (SSSR count). The molecule has 0 aliphatic heterocycles. The molecule has 0 atom stereocenters. The van der Waals surface area contributed by atoms with E-state index in [2.05, 4.69) is 26.8 Å². The van der Waals surface area contributed by atoms with Crippen molar-refractivity contribution in [3.05, 3.63) is 64.1 Å². The van der Waals surface area contributed by atoms with Crippen LogP contribution in [0.5, 0.6) is 5.75 Å². The van der Waals surface area contributed by atoms with Crippen molar-refractivity contribution in [1.29, 1.82) is 0 Å². The number of carbonyl (C=O) groups is 2. The minimum absolute atomic E-state index is 0.0619. The van der Waals surface area contributed by atoms with Crippen molar-refractivity contribution in [2.45, 2.75) is 32.8 Å². The van der Waals surface area contributed by atoms with Crippen LogP contribution in [0.1, 0.15) is 36.2 Å². The summed E-state index contributed by atoms with van der Waals surface area (Å²) in [6.07, 6.45) is 0.840. The Morgan fingerprint density at radius 2 is 1.80 bits per heavy atom. The summed E-state index contributed by atoms with van der Waals surface area (Å²) in [6, 6.07) is 14.9. The summed E-state index contributed by atoms with van der Waals surface area (Å²) in [4.78, 5) is 24.3. The smallest absolute Gasteiger partial charge is 0.273 e. The van der Waals surface area contributed by atoms with Gasteiger partial charge >= 0.3 is 0 Å². The van der Waals surface area contributed by atoms with Gasteiger partial charge in [0.1, 0.15) is 5.75 Å². The van der Waals surface area contributed by atoms with Crippen molar-refractivity contribution >= 4 is 27.7 Å². The average Bonchev–Trinajstić information content (AvgIpc) is 2.60. The number of hydrogen-bond donors (Lipinski definition) is 2. The minimum Gasteiger partial charge on any atom is -0.490 e. The first kappa shape index (κ1) is 19.0. The van der Waals surface area contributed by atoms with E-state index in [0.717, 1.165) is 10.0 Å². The number of ether oxygens (including phenoxy) is 1. The van der Waals surface area contributed by atoms with Gasteiger partial charge in [-0.1, -0.05) is 46.3 Å². The minimum atomic E-state index is -0.426. The van der Waals surface area contributed by atoms with Gasteiger partial charge in [-0.15, -0.1) is 0 Å². The summed E-state index contributed by atoms with van der Waals surface area (Å²) >= 11 is 3.34. The molecule has 2 amide bonds. The van der Waals surface area contributed by atoms with E-state index in [0.29, 0.717) is 17.7 Å². The molecule has 25 heavy (non-hydrogen) atoms. The molecule has 0 saturated heterocycles. The predicted molar refractivity (Wildman–Crippen MR) is 100 cm³/mol. The maximum atomic E-state index is 12.4. The van der Waals surface area contributed by atoms with E-state index < -0.39 is 5.91 Å². The number of benzene rings is 2. The zero-order chi connectivity index (χ0) is 18.2. The molecule has 0 saturated carbocycles. The molecule has 0 unspecified atom stereocenters. The first-order valence-electron chi connectivity index (χ1n) is 8.05. The van der Waals surface area contributed by atoms with Crippen LogP contribution in [0.15, 0.2) is 53.0 Å². The van der Waals surface area contributed by atoms with Gasteiger partial charge in [0.2, 0.25) is 5.91 Å². The molecule has 0 radical (unpaired) electrons. The van der Waals surface area contributed by atoms with Crippen LogP contribution in [0, 0.1) is 0 Å². The van der Waals surface area contributed by atoms with Gasteiger partial charge in [0.25, 0.3) is 5.91 Å². The number of hydrazine groups is 1. The van der Waals surface area contributed by atoms with Crippen LogP contribution >= 0.6 is 15.9 Å². The molecule has 2 aromatic carbocycles. The molecule has 0 aliphatic carbocycles. The van der Waals surface area contributed by atoms with Gasteiger partial charge in [-0.05, 0) is 44.0 Å². The Balaban J connectivity index is 1.91. The van der Waals surface area contributed by atoms with Crippen LogP contribution in [-0.4, -0.2) is 17.9 Å². The summed E-state index contributed by atoms with van der Waals surface area (Å²) in [5, 5.41) is 0. The number of amides is 2. The largest absolute Gasteiger partial charge is 0.490 e. The van der Waals surface area contributed by atoms with Crippen LogP contribution in [0.25, 0.3) is 0 Å². The predicted octanol–water partition coefficient (Wildman–Crippen LogP) is 3.63. The lowest BCUT2D eigenvalue weighted by atomic mass is 10.1. The molecule has 0 aliphatic rings. The molecule has 0 aromatic heterocycles. The zero-order valence-electron chi connectivity index (χ0n) is 14.2. The molecular formula is C19H21BrN2O3. The number of hydrogen-bond acceptors (Lipinski definition) is 3. The van der Waals surface area contributed by atoms with Crippen LogP contribution in [0.4, 0.5) is 0 Å². The van der Waals surface area contributed by atoms with E-state index in [4.69, 9.17) is 4.74 Å². The highest BCUT2D eigenvalue weighted by atomic mass is 79.9. The van der Waals surface area contributed by atoms with E-state index in [1.807, 2.05) is 44.2 Å². The zero-order valence-corrected chi connectivity index (χ0v) is 15.8. The second-order valence-electron chi connectivity index (χ2n) is 5.79. The Morgan fingerprint density at radius 1 is 1.08 bits per heavy atom. The van der Waals surface area contributed by atoms with Crippen LogP contribution in [0.3, 0.4) is 0 Å². The maximum absolute atomic E-state index is 12.4. The van der Waals surface area contributed by atoms with Crippen molar-refractivity contribution < 1.29 is 14.3 Å². The van der Waals surface area contributed by atoms with E-state index in [1.165, 1.54) is 0 Å². The third-order valence-electron chi connectivity index (χ3n) is 3.35. The number of aryl methyl sites for hydroxylation is 1. The Hall–Kier alpha value is -2.34. The topological polar surface area (TPSA) is 67.4 Å². The molecule has 0 fully saturated rings. The van der Waals surface area contributed by atoms with Crippen LogP contribution in [-0.2, 0) is 11.2 Å². The molecule has 5 nitrogen and oxygen atoms in total. The Labute approximate surface area is 155 Å². The third kappa shape index (κ3) is 6.23. The molecular weight excluding hydrogens is 384 g/mol. The van der Waals surface area contributed by atoms with Crippen LogP contribution < -0.4 is 15.6 Å². The van der Waals surface area contributed by atoms with Crippen molar-refractivity contribution in [2.75, 3.05) is 0 Å². The molecule has 2 N–H and O–H groups in total. The van der Waals surface area contributed by atoms with Crippen molar-refractivity contribution in [2.24, 2.45) is 0 Å². The highest BCUT2D eigenvalue weighted by molar-refractivity contribution is 9.10. The SMILES string of the molecule is CC(C)Oc1ccc(Br)cc1C(=O)NNC(=O)CCc1ccccc1. The fourth-order valence-corrected chi connectivity index (χ4v) is 2.56. The lowest BCUT2D eigenvalue weighted by Gasteiger charge is -2.15. The fourth-order valence-electron chi connectivity index (χ4n) is 2.20. The quantitative estimate of drug-likeness (QED) is 0.722. The van der Waals surface area contributed by atoms with Gasteiger partial charge < -0.3 is 4.74 Å². The van der Waals surface area contributed by atoms with Gasteiger partial charge in [0.05, 0.1) is 11.7 Å². The Bertz CT molecular complexity index is 733. The molecule has 2 aromatic rings. The highest BCUT2D eigenvalue weighted by Gasteiger charge is 2.15. The van der Waals surface area contributed by atoms with Gasteiger partial charge in [-0.25, -0.2) is 0 Å². The van der Waals surface area contributed by atoms with E-state index in [9.17, 15) is 9.59 Å². The van der Waals surface area contributed by atoms with Crippen molar-refractivity contribution in [3.8, 4) is 5.75 Å². The second kappa shape index (κ2) is 9.22. The fraction of sp³-hybridized carbons (Fsp3) is 0.263. The standard InChI is InChI=1S/C19H21BrN2O3/c1-13(2)25-17-10-9-15(20)12-16(17)19(24)22-21-18(23)11-8-14-6-4-3-5-7-14/h3-7,9-10,12-13H,8,11H2,1-2H3,(H,21,23)(H,22,24). The molecule has 132 valence electrons. The molecule has 6 heteroatoms.